The van der Waals surface area contributed by atoms with Crippen LogP contribution in [0.3, 0.4) is 0 Å². The average molecular weight is 333 g/mol. The molecule has 1 aromatic carbocycles. The van der Waals surface area contributed by atoms with Crippen LogP contribution >= 0.6 is 11.6 Å². The van der Waals surface area contributed by atoms with E-state index in [0.717, 1.165) is 0 Å². The van der Waals surface area contributed by atoms with Crippen LogP contribution in [-0.4, -0.2) is 39.4 Å². The Labute approximate surface area is 130 Å². The smallest absolute Gasteiger partial charge is 0.337 e. The highest BCUT2D eigenvalue weighted by Gasteiger charge is 2.13. The summed E-state index contributed by atoms with van der Waals surface area (Å²) in [4.78, 5) is 22.8. The lowest BCUT2D eigenvalue weighted by Gasteiger charge is -2.12. The topological polar surface area (TPSA) is 95.5 Å². The van der Waals surface area contributed by atoms with E-state index in [9.17, 15) is 13.8 Å². The molecule has 0 spiro atoms. The molecule has 8 heteroatoms. The number of hydrogen-bond acceptors (Lipinski definition) is 3. The Morgan fingerprint density at radius 3 is 2.67 bits per heavy atom. The molecule has 1 aromatic rings. The van der Waals surface area contributed by atoms with Crippen LogP contribution < -0.4 is 10.6 Å². The highest BCUT2D eigenvalue weighted by atomic mass is 35.5. The fraction of sp³-hybridized carbons (Fsp3) is 0.385. The summed E-state index contributed by atoms with van der Waals surface area (Å²) in [6, 6.07) is 3.59. The van der Waals surface area contributed by atoms with Gasteiger partial charge in [0.15, 0.2) is 0 Å². The van der Waals surface area contributed by atoms with Gasteiger partial charge in [0.25, 0.3) is 0 Å². The van der Waals surface area contributed by atoms with Crippen LogP contribution in [0.15, 0.2) is 18.2 Å². The fourth-order valence-corrected chi connectivity index (χ4v) is 2.15. The molecule has 0 heterocycles. The lowest BCUT2D eigenvalue weighted by Crippen LogP contribution is -2.32. The van der Waals surface area contributed by atoms with Crippen molar-refractivity contribution in [3.8, 4) is 0 Å². The van der Waals surface area contributed by atoms with Crippen molar-refractivity contribution in [3.05, 3.63) is 28.8 Å². The van der Waals surface area contributed by atoms with Crippen molar-refractivity contribution < 1.29 is 18.9 Å². The van der Waals surface area contributed by atoms with E-state index in [1.165, 1.54) is 18.2 Å². The van der Waals surface area contributed by atoms with Crippen LogP contribution in [-0.2, 0) is 10.8 Å². The lowest BCUT2D eigenvalue weighted by atomic mass is 10.2. The zero-order valence-corrected chi connectivity index (χ0v) is 13.3. The molecule has 6 nitrogen and oxygen atoms in total. The Kier molecular flexibility index (Phi) is 6.64. The zero-order chi connectivity index (χ0) is 16.0. The van der Waals surface area contributed by atoms with Crippen molar-refractivity contribution >= 4 is 40.1 Å². The molecule has 1 rings (SSSR count). The second kappa shape index (κ2) is 7.99. The minimum Gasteiger partial charge on any atom is -0.478 e. The van der Waals surface area contributed by atoms with Gasteiger partial charge < -0.3 is 15.7 Å². The van der Waals surface area contributed by atoms with Gasteiger partial charge in [0, 0.05) is 33.9 Å². The van der Waals surface area contributed by atoms with Gasteiger partial charge in [-0.1, -0.05) is 18.5 Å². The monoisotopic (exact) mass is 332 g/mol. The van der Waals surface area contributed by atoms with E-state index >= 15 is 0 Å². The third kappa shape index (κ3) is 5.73. The zero-order valence-electron chi connectivity index (χ0n) is 11.7. The van der Waals surface area contributed by atoms with Crippen LogP contribution in [0.1, 0.15) is 23.7 Å². The SMILES string of the molecule is CC(CCNC(=O)Nc1cc(Cl)ccc1C(=O)O)S(C)=O. The van der Waals surface area contributed by atoms with Gasteiger partial charge in [0.1, 0.15) is 0 Å². The van der Waals surface area contributed by atoms with E-state index in [0.29, 0.717) is 18.0 Å². The summed E-state index contributed by atoms with van der Waals surface area (Å²) >= 11 is 5.79. The summed E-state index contributed by atoms with van der Waals surface area (Å²) in [5, 5.41) is 14.4. The maximum absolute atomic E-state index is 11.7. The molecular weight excluding hydrogens is 316 g/mol. The Hall–Kier alpha value is -1.60. The van der Waals surface area contributed by atoms with E-state index in [1.54, 1.807) is 6.26 Å². The van der Waals surface area contributed by atoms with Gasteiger partial charge in [-0.05, 0) is 24.6 Å². The molecule has 0 aliphatic heterocycles. The van der Waals surface area contributed by atoms with Crippen molar-refractivity contribution in [3.63, 3.8) is 0 Å². The molecule has 3 N–H and O–H groups in total. The van der Waals surface area contributed by atoms with Crippen molar-refractivity contribution in [1.29, 1.82) is 0 Å². The summed E-state index contributed by atoms with van der Waals surface area (Å²) in [6.07, 6.45) is 2.17. The summed E-state index contributed by atoms with van der Waals surface area (Å²) in [7, 11) is -0.943. The van der Waals surface area contributed by atoms with Gasteiger partial charge in [-0.3, -0.25) is 4.21 Å². The predicted molar refractivity (Wildman–Crippen MR) is 83.6 cm³/mol. The third-order valence-corrected chi connectivity index (χ3v) is 4.47. The first kappa shape index (κ1) is 17.5. The predicted octanol–water partition coefficient (Wildman–Crippen LogP) is 2.32. The van der Waals surface area contributed by atoms with E-state index in [4.69, 9.17) is 16.7 Å². The van der Waals surface area contributed by atoms with E-state index in [2.05, 4.69) is 10.6 Å². The minimum absolute atomic E-state index is 0.0222. The van der Waals surface area contributed by atoms with Gasteiger partial charge in [-0.15, -0.1) is 0 Å². The Morgan fingerprint density at radius 2 is 2.10 bits per heavy atom. The number of nitrogens with one attached hydrogen (secondary N) is 2. The molecule has 0 saturated heterocycles. The molecule has 0 saturated carbocycles. The molecule has 0 aliphatic carbocycles. The summed E-state index contributed by atoms with van der Waals surface area (Å²) in [5.41, 5.74) is 0.0807. The second-order valence-corrected chi connectivity index (χ2v) is 6.71. The maximum Gasteiger partial charge on any atom is 0.337 e. The van der Waals surface area contributed by atoms with Gasteiger partial charge in [0.2, 0.25) is 0 Å². The lowest BCUT2D eigenvalue weighted by molar-refractivity contribution is 0.0698. The quantitative estimate of drug-likeness (QED) is 0.745. The number of urea groups is 1. The number of carboxylic acids is 1. The number of amides is 2. The first-order chi connectivity index (χ1) is 9.81. The van der Waals surface area contributed by atoms with Gasteiger partial charge in [-0.25, -0.2) is 9.59 Å². The number of benzene rings is 1. The average Bonchev–Trinajstić information content (AvgIpc) is 2.37. The fourth-order valence-electron chi connectivity index (χ4n) is 1.53. The van der Waals surface area contributed by atoms with E-state index < -0.39 is 22.8 Å². The molecule has 0 fully saturated rings. The summed E-state index contributed by atoms with van der Waals surface area (Å²) in [5.74, 6) is -1.16. The van der Waals surface area contributed by atoms with E-state index in [1.807, 2.05) is 6.92 Å². The molecule has 0 radical (unpaired) electrons. The number of aromatic carboxylic acids is 1. The number of halogens is 1. The van der Waals surface area contributed by atoms with Crippen LogP contribution in [0.5, 0.6) is 0 Å². The first-order valence-electron chi connectivity index (χ1n) is 6.21. The van der Waals surface area contributed by atoms with Crippen molar-refractivity contribution in [1.82, 2.24) is 5.32 Å². The van der Waals surface area contributed by atoms with Gasteiger partial charge >= 0.3 is 12.0 Å². The number of anilines is 1. The molecule has 0 aliphatic rings. The van der Waals surface area contributed by atoms with Crippen LogP contribution in [0.2, 0.25) is 5.02 Å². The third-order valence-electron chi connectivity index (χ3n) is 2.86. The van der Waals surface area contributed by atoms with Crippen molar-refractivity contribution in [2.75, 3.05) is 18.1 Å². The van der Waals surface area contributed by atoms with Crippen molar-refractivity contribution in [2.24, 2.45) is 0 Å². The van der Waals surface area contributed by atoms with Crippen molar-refractivity contribution in [2.45, 2.75) is 18.6 Å². The molecule has 21 heavy (non-hydrogen) atoms. The number of carboxylic acid groups (broad SMARTS) is 1. The normalized spacial score (nSPS) is 13.3. The number of carbonyl (C=O) groups excluding carboxylic acids is 1. The maximum atomic E-state index is 11.7. The second-order valence-electron chi connectivity index (χ2n) is 4.47. The van der Waals surface area contributed by atoms with Crippen LogP contribution in [0, 0.1) is 0 Å². The standard InChI is InChI=1S/C13H17ClN2O4S/c1-8(21(2)20)5-6-15-13(19)16-11-7-9(14)3-4-10(11)12(17)18/h3-4,7-8H,5-6H2,1-2H3,(H,17,18)(H2,15,16,19). The number of hydrogen-bond donors (Lipinski definition) is 3. The summed E-state index contributed by atoms with van der Waals surface area (Å²) < 4.78 is 11.2. The molecule has 0 bridgehead atoms. The highest BCUT2D eigenvalue weighted by Crippen LogP contribution is 2.21. The van der Waals surface area contributed by atoms with Crippen LogP contribution in [0.25, 0.3) is 0 Å². The largest absolute Gasteiger partial charge is 0.478 e. The Bertz CT molecular complexity index is 565. The summed E-state index contributed by atoms with van der Waals surface area (Å²) in [6.45, 7) is 2.17. The van der Waals surface area contributed by atoms with Gasteiger partial charge in [-0.2, -0.15) is 0 Å². The van der Waals surface area contributed by atoms with Crippen LogP contribution in [0.4, 0.5) is 10.5 Å². The first-order valence-corrected chi connectivity index (χ1v) is 8.21. The molecule has 116 valence electrons. The Balaban J connectivity index is 2.61. The van der Waals surface area contributed by atoms with Gasteiger partial charge in [0.05, 0.1) is 11.3 Å². The number of carbonyl (C=O) groups is 2. The molecule has 2 unspecified atom stereocenters. The highest BCUT2D eigenvalue weighted by molar-refractivity contribution is 7.84. The van der Waals surface area contributed by atoms with E-state index in [-0.39, 0.29) is 16.5 Å². The number of rotatable bonds is 6. The molecule has 0 aromatic heterocycles. The molecule has 2 atom stereocenters. The minimum atomic E-state index is -1.16. The Morgan fingerprint density at radius 1 is 1.43 bits per heavy atom. The molecule has 2 amide bonds. The molecular formula is C13H17ClN2O4S.